The molecule has 0 fully saturated rings. The Morgan fingerprint density at radius 2 is 2.17 bits per heavy atom. The molecule has 0 spiro atoms. The molecule has 4 heteroatoms. The zero-order valence-corrected chi connectivity index (χ0v) is 11.4. The maximum absolute atomic E-state index is 5.55. The van der Waals surface area contributed by atoms with Gasteiger partial charge in [-0.05, 0) is 38.6 Å². The number of hydrogen-bond donors (Lipinski definition) is 1. The summed E-state index contributed by atoms with van der Waals surface area (Å²) in [5.41, 5.74) is 9.11. The molecule has 0 aliphatic heterocycles. The first-order valence-electron chi connectivity index (χ1n) is 6.46. The summed E-state index contributed by atoms with van der Waals surface area (Å²) in [5.74, 6) is 0. The number of benzene rings is 1. The standard InChI is InChI=1S/C14H22N4/c1-11(2)18-10-16-13-8-12(4-5-14(13)18)9-17(3)7-6-15/h4-5,8,10-11H,6-7,9,15H2,1-3H3. The van der Waals surface area contributed by atoms with Crippen molar-refractivity contribution in [3.8, 4) is 0 Å². The predicted molar refractivity (Wildman–Crippen MR) is 75.5 cm³/mol. The highest BCUT2D eigenvalue weighted by molar-refractivity contribution is 5.76. The molecule has 0 amide bonds. The van der Waals surface area contributed by atoms with Crippen molar-refractivity contribution in [3.63, 3.8) is 0 Å². The molecule has 0 saturated heterocycles. The summed E-state index contributed by atoms with van der Waals surface area (Å²) in [5, 5.41) is 0. The van der Waals surface area contributed by atoms with Gasteiger partial charge in [0.05, 0.1) is 17.4 Å². The highest BCUT2D eigenvalue weighted by Gasteiger charge is 2.07. The second kappa shape index (κ2) is 5.50. The number of likely N-dealkylation sites (N-methyl/N-ethyl adjacent to an activating group) is 1. The number of hydrogen-bond acceptors (Lipinski definition) is 3. The van der Waals surface area contributed by atoms with Crippen LogP contribution in [0.25, 0.3) is 11.0 Å². The lowest BCUT2D eigenvalue weighted by molar-refractivity contribution is 0.336. The fraction of sp³-hybridized carbons (Fsp3) is 0.500. The molecule has 0 bridgehead atoms. The zero-order valence-electron chi connectivity index (χ0n) is 11.4. The molecule has 98 valence electrons. The molecule has 2 N–H and O–H groups in total. The van der Waals surface area contributed by atoms with Gasteiger partial charge in [-0.15, -0.1) is 0 Å². The van der Waals surface area contributed by atoms with Crippen molar-refractivity contribution in [2.45, 2.75) is 26.4 Å². The van der Waals surface area contributed by atoms with E-state index in [-0.39, 0.29) is 0 Å². The van der Waals surface area contributed by atoms with E-state index in [1.807, 2.05) is 6.33 Å². The van der Waals surface area contributed by atoms with Gasteiger partial charge in [0.2, 0.25) is 0 Å². The second-order valence-electron chi connectivity index (χ2n) is 5.10. The van der Waals surface area contributed by atoms with E-state index in [2.05, 4.69) is 53.5 Å². The number of aromatic nitrogens is 2. The fourth-order valence-electron chi connectivity index (χ4n) is 2.20. The Balaban J connectivity index is 2.23. The third-order valence-corrected chi connectivity index (χ3v) is 3.16. The van der Waals surface area contributed by atoms with Gasteiger partial charge in [-0.25, -0.2) is 4.98 Å². The van der Waals surface area contributed by atoms with E-state index in [0.29, 0.717) is 12.6 Å². The van der Waals surface area contributed by atoms with Gasteiger partial charge in [-0.2, -0.15) is 0 Å². The van der Waals surface area contributed by atoms with Crippen LogP contribution in [0.2, 0.25) is 0 Å². The molecule has 1 aromatic heterocycles. The van der Waals surface area contributed by atoms with Crippen LogP contribution in [0, 0.1) is 0 Å². The third kappa shape index (κ3) is 2.71. The number of nitrogens with two attached hydrogens (primary N) is 1. The molecule has 0 saturated carbocycles. The van der Waals surface area contributed by atoms with Crippen LogP contribution in [0.1, 0.15) is 25.5 Å². The van der Waals surface area contributed by atoms with E-state index in [9.17, 15) is 0 Å². The number of fused-ring (bicyclic) bond motifs is 1. The van der Waals surface area contributed by atoms with Gasteiger partial charge in [0.1, 0.15) is 0 Å². The topological polar surface area (TPSA) is 47.1 Å². The van der Waals surface area contributed by atoms with Crippen molar-refractivity contribution >= 4 is 11.0 Å². The smallest absolute Gasteiger partial charge is 0.0960 e. The first-order chi connectivity index (χ1) is 8.61. The average Bonchev–Trinajstić information content (AvgIpc) is 2.72. The lowest BCUT2D eigenvalue weighted by Gasteiger charge is -2.15. The molecule has 0 unspecified atom stereocenters. The summed E-state index contributed by atoms with van der Waals surface area (Å²) >= 11 is 0. The van der Waals surface area contributed by atoms with E-state index in [0.717, 1.165) is 18.6 Å². The Labute approximate surface area is 108 Å². The van der Waals surface area contributed by atoms with Crippen molar-refractivity contribution in [1.82, 2.24) is 14.5 Å². The van der Waals surface area contributed by atoms with E-state index in [4.69, 9.17) is 5.73 Å². The lowest BCUT2D eigenvalue weighted by Crippen LogP contribution is -2.24. The van der Waals surface area contributed by atoms with Crippen LogP contribution in [-0.4, -0.2) is 34.6 Å². The Morgan fingerprint density at radius 3 is 2.83 bits per heavy atom. The third-order valence-electron chi connectivity index (χ3n) is 3.16. The molecule has 2 aromatic rings. The van der Waals surface area contributed by atoms with E-state index in [1.165, 1.54) is 11.1 Å². The second-order valence-corrected chi connectivity index (χ2v) is 5.10. The first kappa shape index (κ1) is 13.1. The van der Waals surface area contributed by atoms with Crippen molar-refractivity contribution in [2.75, 3.05) is 20.1 Å². The van der Waals surface area contributed by atoms with Gasteiger partial charge in [-0.3, -0.25) is 0 Å². The van der Waals surface area contributed by atoms with Crippen molar-refractivity contribution in [2.24, 2.45) is 5.73 Å². The van der Waals surface area contributed by atoms with Crippen LogP contribution in [0.4, 0.5) is 0 Å². The van der Waals surface area contributed by atoms with Gasteiger partial charge < -0.3 is 15.2 Å². The van der Waals surface area contributed by atoms with Crippen molar-refractivity contribution in [3.05, 3.63) is 30.1 Å². The molecule has 2 rings (SSSR count). The minimum absolute atomic E-state index is 0.445. The minimum Gasteiger partial charge on any atom is -0.329 e. The molecular weight excluding hydrogens is 224 g/mol. The molecule has 0 atom stereocenters. The molecule has 0 aliphatic carbocycles. The van der Waals surface area contributed by atoms with E-state index in [1.54, 1.807) is 0 Å². The van der Waals surface area contributed by atoms with Crippen LogP contribution < -0.4 is 5.73 Å². The summed E-state index contributed by atoms with van der Waals surface area (Å²) in [6, 6.07) is 6.95. The highest BCUT2D eigenvalue weighted by Crippen LogP contribution is 2.19. The summed E-state index contributed by atoms with van der Waals surface area (Å²) in [6.07, 6.45) is 1.92. The molecule has 0 aliphatic rings. The number of imidazole rings is 1. The summed E-state index contributed by atoms with van der Waals surface area (Å²) in [7, 11) is 2.09. The first-order valence-corrected chi connectivity index (χ1v) is 6.46. The monoisotopic (exact) mass is 246 g/mol. The SMILES string of the molecule is CC(C)n1cnc2cc(CN(C)CCN)ccc21. The number of nitrogens with zero attached hydrogens (tertiary/aromatic N) is 3. The normalized spacial score (nSPS) is 11.9. The molecule has 4 nitrogen and oxygen atoms in total. The van der Waals surface area contributed by atoms with Crippen LogP contribution in [-0.2, 0) is 6.54 Å². The van der Waals surface area contributed by atoms with Crippen LogP contribution in [0.5, 0.6) is 0 Å². The summed E-state index contributed by atoms with van der Waals surface area (Å²) in [6.45, 7) is 6.87. The molecule has 1 aromatic carbocycles. The minimum atomic E-state index is 0.445. The van der Waals surface area contributed by atoms with Crippen LogP contribution in [0.15, 0.2) is 24.5 Å². The van der Waals surface area contributed by atoms with Crippen molar-refractivity contribution in [1.29, 1.82) is 0 Å². The molecule has 0 radical (unpaired) electrons. The van der Waals surface area contributed by atoms with Gasteiger partial charge in [0.25, 0.3) is 0 Å². The maximum Gasteiger partial charge on any atom is 0.0960 e. The Hall–Kier alpha value is -1.39. The van der Waals surface area contributed by atoms with E-state index < -0.39 is 0 Å². The van der Waals surface area contributed by atoms with Gasteiger partial charge in [0, 0.05) is 25.7 Å². The maximum atomic E-state index is 5.55. The summed E-state index contributed by atoms with van der Waals surface area (Å²) < 4.78 is 2.20. The van der Waals surface area contributed by atoms with Crippen LogP contribution in [0.3, 0.4) is 0 Å². The zero-order chi connectivity index (χ0) is 13.1. The molecule has 1 heterocycles. The average molecular weight is 246 g/mol. The van der Waals surface area contributed by atoms with Crippen molar-refractivity contribution < 1.29 is 0 Å². The Bertz CT molecular complexity index is 515. The van der Waals surface area contributed by atoms with Gasteiger partial charge in [0.15, 0.2) is 0 Å². The quantitative estimate of drug-likeness (QED) is 0.878. The van der Waals surface area contributed by atoms with Gasteiger partial charge in [-0.1, -0.05) is 6.07 Å². The number of rotatable bonds is 5. The van der Waals surface area contributed by atoms with Crippen LogP contribution >= 0.6 is 0 Å². The summed E-state index contributed by atoms with van der Waals surface area (Å²) in [4.78, 5) is 6.70. The van der Waals surface area contributed by atoms with Gasteiger partial charge >= 0.3 is 0 Å². The largest absolute Gasteiger partial charge is 0.329 e. The Morgan fingerprint density at radius 1 is 1.39 bits per heavy atom. The van der Waals surface area contributed by atoms with E-state index >= 15 is 0 Å². The Kier molecular flexibility index (Phi) is 3.99. The highest BCUT2D eigenvalue weighted by atomic mass is 15.1. The molecular formula is C14H22N4. The fourth-order valence-corrected chi connectivity index (χ4v) is 2.20. The predicted octanol–water partition coefficient (Wildman–Crippen LogP) is 2.01. The molecule has 18 heavy (non-hydrogen) atoms. The lowest BCUT2D eigenvalue weighted by atomic mass is 10.2.